The topological polar surface area (TPSA) is 142 Å². The average molecular weight is 601 g/mol. The molecular weight excluding hydrogens is 574 g/mol. The van der Waals surface area contributed by atoms with E-state index in [0.717, 1.165) is 49.0 Å². The number of carbonyl (C=O) groups is 2. The molecule has 1 saturated carbocycles. The first-order valence-electron chi connectivity index (χ1n) is 12.3. The summed E-state index contributed by atoms with van der Waals surface area (Å²) in [5.41, 5.74) is 0.522. The number of amidine groups is 1. The quantitative estimate of drug-likeness (QED) is 0.486. The lowest BCUT2D eigenvalue weighted by Gasteiger charge is -2.43. The number of sulfonamides is 2. The number of fused-ring (bicyclic) bond motifs is 2. The minimum atomic E-state index is -4.38. The van der Waals surface area contributed by atoms with Crippen molar-refractivity contribution in [1.29, 1.82) is 0 Å². The van der Waals surface area contributed by atoms with Gasteiger partial charge in [0.15, 0.2) is 23.3 Å². The number of carbonyl (C=O) groups excluding carboxylic acids is 2. The van der Waals surface area contributed by atoms with Gasteiger partial charge >= 0.3 is 0 Å². The maximum absolute atomic E-state index is 13.9. The molecule has 3 heterocycles. The Morgan fingerprint density at radius 2 is 1.90 bits per heavy atom. The molecule has 1 aromatic heterocycles. The number of amides is 1. The Morgan fingerprint density at radius 3 is 2.62 bits per heavy atom. The highest BCUT2D eigenvalue weighted by atomic mass is 32.2. The first-order chi connectivity index (χ1) is 18.4. The largest absolute Gasteiger partial charge is 0.334 e. The molecule has 0 radical (unpaired) electrons. The van der Waals surface area contributed by atoms with Crippen LogP contribution in [0.5, 0.6) is 0 Å². The van der Waals surface area contributed by atoms with Gasteiger partial charge in [-0.05, 0) is 35.9 Å². The van der Waals surface area contributed by atoms with Crippen molar-refractivity contribution in [2.24, 2.45) is 16.2 Å². The number of hydrogen-bond acceptors (Lipinski definition) is 8. The number of rotatable bonds is 6. The standard InChI is InChI=1S/C24H26F2N4O6S3/c1-38(33,34)27-10-14-12-37-23-21(14)39(35,36)29-22(28-23)19-20(31)15-5-3-2-4-6-18(15)30(24(19)32)11-13-7-8-16(25)17(26)9-13/h7-9,12,15,18-19,27H,2-6,10-11H2,1H3,(H,28,29). The molecule has 39 heavy (non-hydrogen) atoms. The first kappa shape index (κ1) is 27.8. The van der Waals surface area contributed by atoms with Gasteiger partial charge in [-0.2, -0.15) is 8.42 Å². The number of nitrogens with zero attached hydrogens (tertiary/aromatic N) is 2. The Balaban J connectivity index is 1.50. The number of Topliss-reactive ketones (excluding diaryl/α,β-unsaturated/α-hetero) is 1. The van der Waals surface area contributed by atoms with Crippen molar-refractivity contribution in [1.82, 2.24) is 9.62 Å². The highest BCUT2D eigenvalue weighted by molar-refractivity contribution is 7.91. The predicted molar refractivity (Wildman–Crippen MR) is 140 cm³/mol. The van der Waals surface area contributed by atoms with Crippen LogP contribution in [-0.4, -0.2) is 51.6 Å². The maximum atomic E-state index is 13.9. The highest BCUT2D eigenvalue weighted by Gasteiger charge is 2.51. The molecule has 210 valence electrons. The molecule has 1 amide bonds. The summed E-state index contributed by atoms with van der Waals surface area (Å²) in [5.74, 6) is -5.56. The van der Waals surface area contributed by atoms with Crippen LogP contribution in [0.2, 0.25) is 0 Å². The molecule has 0 spiro atoms. The Hall–Kier alpha value is -2.75. The van der Waals surface area contributed by atoms with Gasteiger partial charge in [0, 0.05) is 30.6 Å². The van der Waals surface area contributed by atoms with Gasteiger partial charge in [0.25, 0.3) is 10.0 Å². The second-order valence-electron chi connectivity index (χ2n) is 9.95. The molecule has 0 bridgehead atoms. The fraction of sp³-hybridized carbons (Fsp3) is 0.458. The van der Waals surface area contributed by atoms with Crippen molar-refractivity contribution in [2.75, 3.05) is 11.6 Å². The predicted octanol–water partition coefficient (Wildman–Crippen LogP) is 2.76. The summed E-state index contributed by atoms with van der Waals surface area (Å²) >= 11 is 0.988. The Morgan fingerprint density at radius 1 is 1.15 bits per heavy atom. The lowest BCUT2D eigenvalue weighted by molar-refractivity contribution is -0.151. The number of thiophene rings is 1. The third-order valence-electron chi connectivity index (χ3n) is 7.23. The SMILES string of the molecule is CS(=O)(=O)NCc1csc2c1S(=O)(=O)N=C(C1C(=O)C3CCCCCC3N(Cc3ccc(F)c(F)c3)C1=O)N2. The van der Waals surface area contributed by atoms with Gasteiger partial charge in [-0.25, -0.2) is 21.9 Å². The summed E-state index contributed by atoms with van der Waals surface area (Å²) < 4.78 is 83.0. The van der Waals surface area contributed by atoms with E-state index >= 15 is 0 Å². The fourth-order valence-electron chi connectivity index (χ4n) is 5.46. The Kier molecular flexibility index (Phi) is 7.37. The second kappa shape index (κ2) is 10.3. The molecule has 5 rings (SSSR count). The van der Waals surface area contributed by atoms with E-state index in [-0.39, 0.29) is 34.4 Å². The molecule has 3 aliphatic rings. The van der Waals surface area contributed by atoms with E-state index in [1.54, 1.807) is 0 Å². The maximum Gasteiger partial charge on any atom is 0.287 e. The number of anilines is 1. The normalized spacial score (nSPS) is 24.8. The van der Waals surface area contributed by atoms with Crippen LogP contribution in [0.1, 0.15) is 43.2 Å². The van der Waals surface area contributed by atoms with E-state index < -0.39 is 61.2 Å². The molecule has 15 heteroatoms. The fourth-order valence-corrected chi connectivity index (χ4v) is 8.53. The zero-order valence-electron chi connectivity index (χ0n) is 20.8. The number of halogens is 2. The molecule has 2 aromatic rings. The van der Waals surface area contributed by atoms with Crippen molar-refractivity contribution in [3.8, 4) is 0 Å². The van der Waals surface area contributed by atoms with Crippen LogP contribution >= 0.6 is 11.3 Å². The number of nitrogens with one attached hydrogen (secondary N) is 2. The lowest BCUT2D eigenvalue weighted by Crippen LogP contribution is -2.59. The summed E-state index contributed by atoms with van der Waals surface area (Å²) in [5, 5.41) is 4.44. The smallest absolute Gasteiger partial charge is 0.287 e. The van der Waals surface area contributed by atoms with Crippen molar-refractivity contribution in [2.45, 2.75) is 56.1 Å². The Labute approximate surface area is 228 Å². The van der Waals surface area contributed by atoms with Crippen molar-refractivity contribution < 1.29 is 35.2 Å². The lowest BCUT2D eigenvalue weighted by atomic mass is 9.77. The zero-order valence-corrected chi connectivity index (χ0v) is 23.3. The third-order valence-corrected chi connectivity index (χ3v) is 10.4. The van der Waals surface area contributed by atoms with Crippen LogP contribution in [0, 0.1) is 23.5 Å². The molecule has 1 aromatic carbocycles. The van der Waals surface area contributed by atoms with E-state index in [1.165, 1.54) is 16.3 Å². The zero-order chi connectivity index (χ0) is 28.1. The molecule has 3 atom stereocenters. The number of benzene rings is 1. The highest BCUT2D eigenvalue weighted by Crippen LogP contribution is 2.41. The summed E-state index contributed by atoms with van der Waals surface area (Å²) in [6, 6.07) is 2.89. The van der Waals surface area contributed by atoms with Crippen molar-refractivity contribution in [3.63, 3.8) is 0 Å². The van der Waals surface area contributed by atoms with Crippen LogP contribution < -0.4 is 10.0 Å². The second-order valence-corrected chi connectivity index (χ2v) is 14.2. The molecule has 1 aliphatic carbocycles. The van der Waals surface area contributed by atoms with E-state index in [1.807, 2.05) is 0 Å². The number of hydrogen-bond donors (Lipinski definition) is 2. The molecular formula is C24H26F2N4O6S3. The van der Waals surface area contributed by atoms with Crippen LogP contribution in [-0.2, 0) is 42.7 Å². The summed E-state index contributed by atoms with van der Waals surface area (Å²) in [6.07, 6.45) is 4.43. The van der Waals surface area contributed by atoms with Gasteiger partial charge in [0.05, 0.1) is 6.26 Å². The first-order valence-corrected chi connectivity index (χ1v) is 16.5. The summed E-state index contributed by atoms with van der Waals surface area (Å²) in [6.45, 7) is -0.351. The summed E-state index contributed by atoms with van der Waals surface area (Å²) in [7, 11) is -7.97. The number of piperidine rings is 1. The van der Waals surface area contributed by atoms with Gasteiger partial charge < -0.3 is 10.2 Å². The average Bonchev–Trinajstić information content (AvgIpc) is 3.11. The van der Waals surface area contributed by atoms with Gasteiger partial charge in [-0.3, -0.25) is 9.59 Å². The van der Waals surface area contributed by atoms with Gasteiger partial charge in [0.2, 0.25) is 15.9 Å². The third kappa shape index (κ3) is 5.49. The molecule has 1 saturated heterocycles. The van der Waals surface area contributed by atoms with Crippen LogP contribution in [0.25, 0.3) is 0 Å². The monoisotopic (exact) mass is 600 g/mol. The number of likely N-dealkylation sites (tertiary alicyclic amines) is 1. The van der Waals surface area contributed by atoms with E-state index in [9.17, 15) is 35.2 Å². The summed E-state index contributed by atoms with van der Waals surface area (Å²) in [4.78, 5) is 28.8. The van der Waals surface area contributed by atoms with E-state index in [4.69, 9.17) is 0 Å². The van der Waals surface area contributed by atoms with Crippen LogP contribution in [0.4, 0.5) is 13.8 Å². The van der Waals surface area contributed by atoms with Gasteiger partial charge in [-0.15, -0.1) is 15.7 Å². The Bertz CT molecular complexity index is 1590. The van der Waals surface area contributed by atoms with E-state index in [2.05, 4.69) is 14.4 Å². The van der Waals surface area contributed by atoms with Gasteiger partial charge in [0.1, 0.15) is 15.7 Å². The van der Waals surface area contributed by atoms with Crippen LogP contribution in [0.3, 0.4) is 0 Å². The molecule has 10 nitrogen and oxygen atoms in total. The molecule has 2 aliphatic heterocycles. The molecule has 3 unspecified atom stereocenters. The van der Waals surface area contributed by atoms with Gasteiger partial charge in [-0.1, -0.05) is 25.3 Å². The van der Waals surface area contributed by atoms with E-state index in [0.29, 0.717) is 18.4 Å². The van der Waals surface area contributed by atoms with Crippen LogP contribution in [0.15, 0.2) is 32.9 Å². The minimum absolute atomic E-state index is 0.0768. The van der Waals surface area contributed by atoms with Crippen molar-refractivity contribution in [3.05, 3.63) is 46.3 Å². The number of ketones is 1. The molecule has 2 fully saturated rings. The minimum Gasteiger partial charge on any atom is -0.334 e. The van der Waals surface area contributed by atoms with Crippen molar-refractivity contribution >= 4 is 53.9 Å². The molecule has 2 N–H and O–H groups in total.